The van der Waals surface area contributed by atoms with Crippen molar-refractivity contribution in [1.82, 2.24) is 9.97 Å². The van der Waals surface area contributed by atoms with Crippen LogP contribution in [0.4, 0.5) is 26.6 Å². The number of aryl methyl sites for hydroxylation is 2. The van der Waals surface area contributed by atoms with Gasteiger partial charge in [-0.2, -0.15) is 4.98 Å². The highest BCUT2D eigenvalue weighted by Gasteiger charge is 2.11. The summed E-state index contributed by atoms with van der Waals surface area (Å²) in [5.74, 6) is -1.05. The van der Waals surface area contributed by atoms with E-state index < -0.39 is 11.8 Å². The molecular weight excluding hydrogens is 309 g/mol. The number of aromatic nitrogens is 2. The molecule has 0 saturated carbocycles. The Morgan fingerprint density at radius 2 is 1.75 bits per heavy atom. The maximum atomic E-state index is 13.4. The van der Waals surface area contributed by atoms with E-state index in [0.29, 0.717) is 5.69 Å². The van der Waals surface area contributed by atoms with Crippen molar-refractivity contribution in [2.24, 2.45) is 0 Å². The zero-order valence-electron chi connectivity index (χ0n) is 13.2. The fourth-order valence-corrected chi connectivity index (χ4v) is 2.34. The maximum absolute atomic E-state index is 13.4. The van der Waals surface area contributed by atoms with Gasteiger partial charge < -0.3 is 11.1 Å². The largest absolute Gasteiger partial charge is 0.381 e. The van der Waals surface area contributed by atoms with Gasteiger partial charge >= 0.3 is 6.03 Å². The number of anilines is 3. The number of carbonyl (C=O) groups excluding carboxylic acids is 1. The minimum Gasteiger partial charge on any atom is -0.381 e. The number of rotatable bonds is 2. The summed E-state index contributed by atoms with van der Waals surface area (Å²) in [6.45, 7) is 3.47. The zero-order chi connectivity index (χ0) is 17.3. The van der Waals surface area contributed by atoms with Crippen LogP contribution in [0.3, 0.4) is 0 Å². The number of benzene rings is 2. The van der Waals surface area contributed by atoms with E-state index in [0.717, 1.165) is 10.8 Å². The van der Waals surface area contributed by atoms with Crippen molar-refractivity contribution in [2.75, 3.05) is 16.4 Å². The second-order valence-corrected chi connectivity index (χ2v) is 5.48. The topological polar surface area (TPSA) is 92.9 Å². The molecule has 1 heterocycles. The second-order valence-electron chi connectivity index (χ2n) is 5.48. The van der Waals surface area contributed by atoms with E-state index in [1.165, 1.54) is 12.5 Å². The van der Waals surface area contributed by atoms with Crippen molar-refractivity contribution >= 4 is 34.3 Å². The molecule has 3 rings (SSSR count). The van der Waals surface area contributed by atoms with E-state index >= 15 is 0 Å². The monoisotopic (exact) mass is 325 g/mol. The Balaban J connectivity index is 1.76. The Bertz CT molecular complexity index is 918. The van der Waals surface area contributed by atoms with Crippen LogP contribution in [0.5, 0.6) is 0 Å². The molecule has 0 aliphatic carbocycles. The Morgan fingerprint density at radius 1 is 1.04 bits per heavy atom. The third-order valence-electron chi connectivity index (χ3n) is 3.52. The van der Waals surface area contributed by atoms with Gasteiger partial charge in [-0.3, -0.25) is 5.32 Å². The number of halogens is 1. The van der Waals surface area contributed by atoms with Gasteiger partial charge in [0.1, 0.15) is 0 Å². The lowest BCUT2D eigenvalue weighted by molar-refractivity contribution is 0.262. The third kappa shape index (κ3) is 3.24. The molecule has 24 heavy (non-hydrogen) atoms. The van der Waals surface area contributed by atoms with Crippen LogP contribution >= 0.6 is 0 Å². The average molecular weight is 325 g/mol. The van der Waals surface area contributed by atoms with Gasteiger partial charge in [0.2, 0.25) is 5.95 Å². The predicted octanol–water partition coefficient (Wildman–Crippen LogP) is 3.61. The van der Waals surface area contributed by atoms with E-state index in [2.05, 4.69) is 26.7 Å². The highest BCUT2D eigenvalue weighted by Crippen LogP contribution is 2.20. The minimum absolute atomic E-state index is 0.0553. The molecule has 0 saturated heterocycles. The van der Waals surface area contributed by atoms with Gasteiger partial charge in [0.05, 0.1) is 5.69 Å². The van der Waals surface area contributed by atoms with Crippen LogP contribution < -0.4 is 16.4 Å². The highest BCUT2D eigenvalue weighted by atomic mass is 19.1. The lowest BCUT2D eigenvalue weighted by Gasteiger charge is -2.09. The van der Waals surface area contributed by atoms with Crippen LogP contribution in [-0.2, 0) is 0 Å². The van der Waals surface area contributed by atoms with Gasteiger partial charge in [0.15, 0.2) is 11.6 Å². The maximum Gasteiger partial charge on any atom is 0.326 e. The summed E-state index contributed by atoms with van der Waals surface area (Å²) in [5.41, 5.74) is 7.28. The summed E-state index contributed by atoms with van der Waals surface area (Å²) in [4.78, 5) is 19.6. The van der Waals surface area contributed by atoms with Crippen LogP contribution in [0.25, 0.3) is 10.8 Å². The Kier molecular flexibility index (Phi) is 3.99. The fourth-order valence-electron chi connectivity index (χ4n) is 2.34. The number of hydrogen-bond donors (Lipinski definition) is 3. The molecule has 0 radical (unpaired) electrons. The Hall–Kier alpha value is -3.22. The standard InChI is InChI=1S/C17H16FN5O/c1-9-3-4-12-8-13(6-5-11(12)7-9)21-17(24)23-16-20-10(2)14(18)15(19)22-16/h3-8H,1-2H3,(H4,19,20,21,22,23,24). The van der Waals surface area contributed by atoms with E-state index in [1.807, 2.05) is 31.2 Å². The quantitative estimate of drug-likeness (QED) is 0.671. The summed E-state index contributed by atoms with van der Waals surface area (Å²) in [6.07, 6.45) is 0. The third-order valence-corrected chi connectivity index (χ3v) is 3.52. The first-order valence-electron chi connectivity index (χ1n) is 7.30. The summed E-state index contributed by atoms with van der Waals surface area (Å²) in [7, 11) is 0. The smallest absolute Gasteiger partial charge is 0.326 e. The van der Waals surface area contributed by atoms with Crippen molar-refractivity contribution in [3.8, 4) is 0 Å². The van der Waals surface area contributed by atoms with Crippen LogP contribution in [0.2, 0.25) is 0 Å². The number of nitrogen functional groups attached to an aromatic ring is 1. The first-order valence-corrected chi connectivity index (χ1v) is 7.30. The predicted molar refractivity (Wildman–Crippen MR) is 92.5 cm³/mol. The van der Waals surface area contributed by atoms with Crippen LogP contribution in [0.1, 0.15) is 11.3 Å². The number of fused-ring (bicyclic) bond motifs is 1. The molecular formula is C17H16FN5O. The molecule has 122 valence electrons. The number of nitrogens with zero attached hydrogens (tertiary/aromatic N) is 2. The van der Waals surface area contributed by atoms with Crippen molar-refractivity contribution in [1.29, 1.82) is 0 Å². The molecule has 6 nitrogen and oxygen atoms in total. The summed E-state index contributed by atoms with van der Waals surface area (Å²) < 4.78 is 13.4. The molecule has 1 aromatic heterocycles. The van der Waals surface area contributed by atoms with Gasteiger partial charge in [-0.25, -0.2) is 14.2 Å². The molecule has 0 aliphatic rings. The average Bonchev–Trinajstić information content (AvgIpc) is 2.52. The number of hydrogen-bond acceptors (Lipinski definition) is 4. The number of carbonyl (C=O) groups is 1. The van der Waals surface area contributed by atoms with Gasteiger partial charge in [-0.15, -0.1) is 0 Å². The zero-order valence-corrected chi connectivity index (χ0v) is 13.2. The van der Waals surface area contributed by atoms with E-state index in [4.69, 9.17) is 5.73 Å². The molecule has 2 amide bonds. The first-order chi connectivity index (χ1) is 11.4. The highest BCUT2D eigenvalue weighted by molar-refractivity contribution is 6.00. The van der Waals surface area contributed by atoms with Gasteiger partial charge in [-0.05, 0) is 36.8 Å². The van der Waals surface area contributed by atoms with Crippen molar-refractivity contribution in [3.63, 3.8) is 0 Å². The van der Waals surface area contributed by atoms with Crippen molar-refractivity contribution in [2.45, 2.75) is 13.8 Å². The van der Waals surface area contributed by atoms with E-state index in [9.17, 15) is 9.18 Å². The number of nitrogens with one attached hydrogen (secondary N) is 2. The lowest BCUT2D eigenvalue weighted by atomic mass is 10.1. The van der Waals surface area contributed by atoms with Crippen LogP contribution in [0.15, 0.2) is 36.4 Å². The van der Waals surface area contributed by atoms with Gasteiger partial charge in [0.25, 0.3) is 0 Å². The number of urea groups is 1. The molecule has 0 bridgehead atoms. The first kappa shape index (κ1) is 15.7. The van der Waals surface area contributed by atoms with Crippen LogP contribution in [0, 0.1) is 19.7 Å². The summed E-state index contributed by atoms with van der Waals surface area (Å²) in [5, 5.41) is 7.22. The summed E-state index contributed by atoms with van der Waals surface area (Å²) in [6, 6.07) is 11.1. The van der Waals surface area contributed by atoms with E-state index in [1.54, 1.807) is 6.07 Å². The SMILES string of the molecule is Cc1ccc2cc(NC(=O)Nc3nc(C)c(F)c(N)n3)ccc2c1. The van der Waals surface area contributed by atoms with Gasteiger partial charge in [0, 0.05) is 5.69 Å². The molecule has 0 fully saturated rings. The molecule has 4 N–H and O–H groups in total. The molecule has 0 atom stereocenters. The molecule has 0 unspecified atom stereocenters. The molecule has 3 aromatic rings. The van der Waals surface area contributed by atoms with E-state index in [-0.39, 0.29) is 17.5 Å². The summed E-state index contributed by atoms with van der Waals surface area (Å²) >= 11 is 0. The number of nitrogens with two attached hydrogens (primary N) is 1. The number of amides is 2. The molecule has 0 aliphatic heterocycles. The van der Waals surface area contributed by atoms with Crippen LogP contribution in [-0.4, -0.2) is 16.0 Å². The second kappa shape index (κ2) is 6.11. The Morgan fingerprint density at radius 3 is 2.50 bits per heavy atom. The molecule has 2 aromatic carbocycles. The Labute approximate surface area is 137 Å². The molecule has 0 spiro atoms. The minimum atomic E-state index is -0.689. The fraction of sp³-hybridized carbons (Fsp3) is 0.118. The van der Waals surface area contributed by atoms with Crippen molar-refractivity contribution in [3.05, 3.63) is 53.5 Å². The van der Waals surface area contributed by atoms with Crippen molar-refractivity contribution < 1.29 is 9.18 Å². The molecule has 7 heteroatoms. The lowest BCUT2D eigenvalue weighted by Crippen LogP contribution is -2.21. The normalized spacial score (nSPS) is 10.6. The van der Waals surface area contributed by atoms with Gasteiger partial charge in [-0.1, -0.05) is 29.8 Å².